The summed E-state index contributed by atoms with van der Waals surface area (Å²) in [6.45, 7) is 5.52. The highest BCUT2D eigenvalue weighted by Gasteiger charge is 2.28. The smallest absolute Gasteiger partial charge is 0.416 e. The third kappa shape index (κ3) is 3.57. The Kier molecular flexibility index (Phi) is 3.86. The van der Waals surface area contributed by atoms with Gasteiger partial charge in [0.15, 0.2) is 0 Å². The van der Waals surface area contributed by atoms with Gasteiger partial charge in [-0.25, -0.2) is 9.69 Å². The second-order valence-corrected chi connectivity index (χ2v) is 4.58. The summed E-state index contributed by atoms with van der Waals surface area (Å²) in [5.41, 5.74) is 5.51. The number of amides is 1. The van der Waals surface area contributed by atoms with Crippen molar-refractivity contribution < 1.29 is 9.53 Å². The van der Waals surface area contributed by atoms with Crippen LogP contribution in [0.4, 0.5) is 4.79 Å². The minimum Gasteiger partial charge on any atom is -0.443 e. The zero-order valence-corrected chi connectivity index (χ0v) is 10.2. The fourth-order valence-corrected chi connectivity index (χ4v) is 1.19. The lowest BCUT2D eigenvalue weighted by Crippen LogP contribution is -2.40. The molecule has 0 bridgehead atoms. The van der Waals surface area contributed by atoms with Gasteiger partial charge in [0.25, 0.3) is 0 Å². The van der Waals surface area contributed by atoms with Crippen LogP contribution in [0, 0.1) is 11.3 Å². The molecule has 0 radical (unpaired) electrons. The molecule has 2 N–H and O–H groups in total. The lowest BCUT2D eigenvalue weighted by molar-refractivity contribution is 0.0302. The van der Waals surface area contributed by atoms with Crippen molar-refractivity contribution in [1.82, 2.24) is 4.90 Å². The summed E-state index contributed by atoms with van der Waals surface area (Å²) in [5.74, 6) is 0. The molecule has 0 aromatic carbocycles. The van der Waals surface area contributed by atoms with Gasteiger partial charge in [-0.05, 0) is 20.8 Å². The van der Waals surface area contributed by atoms with Gasteiger partial charge in [-0.2, -0.15) is 5.26 Å². The Labute approximate surface area is 100 Å². The summed E-state index contributed by atoms with van der Waals surface area (Å²) >= 11 is 0. The third-order valence-electron chi connectivity index (χ3n) is 1.91. The van der Waals surface area contributed by atoms with Crippen LogP contribution in [0.3, 0.4) is 0 Å². The first-order chi connectivity index (χ1) is 7.87. The predicted octanol–water partition coefficient (Wildman–Crippen LogP) is 1.00. The molecular weight excluding hydrogens is 220 g/mol. The second-order valence-electron chi connectivity index (χ2n) is 4.58. The molecule has 17 heavy (non-hydrogen) atoms. The number of hydrogen-bond donors (Lipinski definition) is 1. The van der Waals surface area contributed by atoms with E-state index in [9.17, 15) is 4.79 Å². The Balaban J connectivity index is 2.86. The maximum absolute atomic E-state index is 11.8. The molecule has 1 unspecified atom stereocenters. The van der Waals surface area contributed by atoms with Crippen molar-refractivity contribution in [3.8, 4) is 6.07 Å². The fourth-order valence-electron chi connectivity index (χ4n) is 1.19. The Hall–Kier alpha value is -1.87. The molecule has 0 aromatic rings. The topological polar surface area (TPSA) is 91.7 Å². The van der Waals surface area contributed by atoms with E-state index in [0.29, 0.717) is 5.57 Å². The molecule has 1 aliphatic heterocycles. The number of aliphatic imine (C=N–C) groups is 1. The summed E-state index contributed by atoms with van der Waals surface area (Å²) in [7, 11) is 0. The summed E-state index contributed by atoms with van der Waals surface area (Å²) in [4.78, 5) is 16.9. The van der Waals surface area contributed by atoms with E-state index in [-0.39, 0.29) is 6.54 Å². The molecule has 0 spiro atoms. The molecule has 0 aliphatic carbocycles. The van der Waals surface area contributed by atoms with Crippen molar-refractivity contribution in [2.45, 2.75) is 32.5 Å². The first-order valence-corrected chi connectivity index (χ1v) is 5.22. The first-order valence-electron chi connectivity index (χ1n) is 5.22. The number of rotatable bonds is 1. The van der Waals surface area contributed by atoms with E-state index < -0.39 is 17.9 Å². The minimum atomic E-state index is -0.889. The monoisotopic (exact) mass is 236 g/mol. The van der Waals surface area contributed by atoms with Gasteiger partial charge in [0.2, 0.25) is 6.17 Å². The number of nitrogens with two attached hydrogens (primary N) is 1. The number of carbonyl (C=O) groups is 1. The normalized spacial score (nSPS) is 19.6. The van der Waals surface area contributed by atoms with Crippen molar-refractivity contribution >= 4 is 12.3 Å². The number of nitrogens with zero attached hydrogens (tertiary/aromatic N) is 3. The van der Waals surface area contributed by atoms with E-state index in [0.717, 1.165) is 4.90 Å². The van der Waals surface area contributed by atoms with Crippen molar-refractivity contribution in [3.05, 3.63) is 11.8 Å². The van der Waals surface area contributed by atoms with Crippen LogP contribution in [-0.4, -0.2) is 35.5 Å². The van der Waals surface area contributed by atoms with Crippen LogP contribution in [0.5, 0.6) is 0 Å². The van der Waals surface area contributed by atoms with E-state index >= 15 is 0 Å². The van der Waals surface area contributed by atoms with E-state index in [1.165, 1.54) is 12.4 Å². The molecule has 0 saturated heterocycles. The number of carbonyl (C=O) groups excluding carboxylic acids is 1. The molecule has 1 rings (SSSR count). The van der Waals surface area contributed by atoms with Crippen LogP contribution < -0.4 is 5.73 Å². The molecule has 6 heteroatoms. The van der Waals surface area contributed by atoms with E-state index in [4.69, 9.17) is 15.7 Å². The van der Waals surface area contributed by atoms with Gasteiger partial charge < -0.3 is 10.5 Å². The highest BCUT2D eigenvalue weighted by molar-refractivity contribution is 5.83. The molecule has 0 aromatic heterocycles. The molecule has 1 atom stereocenters. The van der Waals surface area contributed by atoms with Crippen LogP contribution in [0.1, 0.15) is 20.8 Å². The zero-order valence-electron chi connectivity index (χ0n) is 10.2. The zero-order chi connectivity index (χ0) is 13.1. The molecule has 92 valence electrons. The number of ether oxygens (including phenoxy) is 1. The molecular formula is C11H16N4O2. The molecule has 0 saturated carbocycles. The standard InChI is InChI=1S/C11H16N4O2/c1-11(2,3)17-10(16)15-7-8(4-12)6-14-9(15)5-13/h6-7,9H,4,12H2,1-3H3. The van der Waals surface area contributed by atoms with Gasteiger partial charge in [-0.15, -0.1) is 0 Å². The van der Waals surface area contributed by atoms with E-state index in [2.05, 4.69) is 4.99 Å². The Bertz CT molecular complexity index is 401. The Morgan fingerprint density at radius 3 is 2.82 bits per heavy atom. The van der Waals surface area contributed by atoms with Gasteiger partial charge in [0, 0.05) is 24.5 Å². The van der Waals surface area contributed by atoms with Crippen LogP contribution >= 0.6 is 0 Å². The largest absolute Gasteiger partial charge is 0.443 e. The minimum absolute atomic E-state index is 0.251. The van der Waals surface area contributed by atoms with Crippen LogP contribution in [-0.2, 0) is 4.74 Å². The molecule has 1 aliphatic rings. The van der Waals surface area contributed by atoms with E-state index in [1.807, 2.05) is 6.07 Å². The van der Waals surface area contributed by atoms with Gasteiger partial charge in [-0.3, -0.25) is 4.99 Å². The summed E-state index contributed by atoms with van der Waals surface area (Å²) in [5, 5.41) is 8.89. The third-order valence-corrected chi connectivity index (χ3v) is 1.91. The Morgan fingerprint density at radius 2 is 2.35 bits per heavy atom. The van der Waals surface area contributed by atoms with Crippen LogP contribution in [0.2, 0.25) is 0 Å². The van der Waals surface area contributed by atoms with Crippen molar-refractivity contribution in [1.29, 1.82) is 5.26 Å². The molecule has 1 heterocycles. The highest BCUT2D eigenvalue weighted by Crippen LogP contribution is 2.15. The highest BCUT2D eigenvalue weighted by atomic mass is 16.6. The van der Waals surface area contributed by atoms with Gasteiger partial charge in [0.05, 0.1) is 0 Å². The second kappa shape index (κ2) is 4.97. The van der Waals surface area contributed by atoms with Crippen molar-refractivity contribution in [2.75, 3.05) is 6.54 Å². The average Bonchev–Trinajstić information content (AvgIpc) is 2.25. The van der Waals surface area contributed by atoms with Gasteiger partial charge >= 0.3 is 6.09 Å². The predicted molar refractivity (Wildman–Crippen MR) is 63.1 cm³/mol. The summed E-state index contributed by atoms with van der Waals surface area (Å²) in [6.07, 6.45) is 1.50. The fraction of sp³-hybridized carbons (Fsp3) is 0.545. The lowest BCUT2D eigenvalue weighted by atomic mass is 10.2. The quantitative estimate of drug-likeness (QED) is 0.735. The van der Waals surface area contributed by atoms with Gasteiger partial charge in [-0.1, -0.05) is 0 Å². The lowest BCUT2D eigenvalue weighted by Gasteiger charge is -2.28. The number of nitriles is 1. The maximum atomic E-state index is 11.8. The molecule has 0 fully saturated rings. The summed E-state index contributed by atoms with van der Waals surface area (Å²) < 4.78 is 5.18. The average molecular weight is 236 g/mol. The molecule has 6 nitrogen and oxygen atoms in total. The first kappa shape index (κ1) is 13.2. The molecule has 1 amide bonds. The SMILES string of the molecule is CC(C)(C)OC(=O)N1C=C(CN)C=NC1C#N. The maximum Gasteiger partial charge on any atom is 0.416 e. The number of hydrogen-bond acceptors (Lipinski definition) is 5. The van der Waals surface area contributed by atoms with Crippen LogP contribution in [0.25, 0.3) is 0 Å². The van der Waals surface area contributed by atoms with Gasteiger partial charge in [0.1, 0.15) is 11.7 Å². The van der Waals surface area contributed by atoms with E-state index in [1.54, 1.807) is 20.8 Å². The summed E-state index contributed by atoms with van der Waals surface area (Å²) in [6, 6.07) is 1.91. The Morgan fingerprint density at radius 1 is 1.71 bits per heavy atom. The van der Waals surface area contributed by atoms with Crippen molar-refractivity contribution in [2.24, 2.45) is 10.7 Å². The van der Waals surface area contributed by atoms with Crippen molar-refractivity contribution in [3.63, 3.8) is 0 Å². The van der Waals surface area contributed by atoms with Crippen LogP contribution in [0.15, 0.2) is 16.8 Å².